The van der Waals surface area contributed by atoms with Gasteiger partial charge in [0.2, 0.25) is 0 Å². The van der Waals surface area contributed by atoms with E-state index in [-0.39, 0.29) is 33.9 Å². The summed E-state index contributed by atoms with van der Waals surface area (Å²) in [6.45, 7) is 21.7. The lowest BCUT2D eigenvalue weighted by atomic mass is 9.35. The Morgan fingerprint density at radius 2 is 1.63 bits per heavy atom. The van der Waals surface area contributed by atoms with Crippen LogP contribution in [0.4, 0.5) is 0 Å². The van der Waals surface area contributed by atoms with E-state index in [2.05, 4.69) is 61.5 Å². The Labute approximate surface area is 214 Å². The molecule has 6 aliphatic rings. The summed E-state index contributed by atoms with van der Waals surface area (Å²) in [6, 6.07) is 0. The van der Waals surface area contributed by atoms with Crippen LogP contribution in [0.15, 0.2) is 11.6 Å². The molecule has 35 heavy (non-hydrogen) atoms. The molecule has 0 N–H and O–H groups in total. The Bertz CT molecular complexity index is 979. The van der Waals surface area contributed by atoms with Crippen LogP contribution in [0.2, 0.25) is 0 Å². The van der Waals surface area contributed by atoms with Crippen molar-refractivity contribution in [2.75, 3.05) is 0 Å². The largest absolute Gasteiger partial charge is 0.462 e. The van der Waals surface area contributed by atoms with E-state index in [9.17, 15) is 4.79 Å². The minimum absolute atomic E-state index is 0.0303. The van der Waals surface area contributed by atoms with Crippen LogP contribution in [-0.2, 0) is 14.3 Å². The van der Waals surface area contributed by atoms with E-state index < -0.39 is 0 Å². The van der Waals surface area contributed by atoms with Crippen LogP contribution >= 0.6 is 0 Å². The van der Waals surface area contributed by atoms with E-state index in [1.54, 1.807) is 12.5 Å². The number of allylic oxidation sites excluding steroid dienone is 2. The number of rotatable bonds is 2. The molecule has 6 rings (SSSR count). The van der Waals surface area contributed by atoms with Crippen molar-refractivity contribution in [2.24, 2.45) is 50.7 Å². The molecule has 0 amide bonds. The van der Waals surface area contributed by atoms with Crippen LogP contribution in [0, 0.1) is 50.7 Å². The average Bonchev–Trinajstić information content (AvgIpc) is 3.35. The topological polar surface area (TPSA) is 38.8 Å². The van der Waals surface area contributed by atoms with Crippen molar-refractivity contribution < 1.29 is 14.3 Å². The molecule has 0 spiro atoms. The summed E-state index contributed by atoms with van der Waals surface area (Å²) in [6.07, 6.45) is 13.1. The van der Waals surface area contributed by atoms with Crippen LogP contribution < -0.4 is 0 Å². The zero-order chi connectivity index (χ0) is 25.4. The molecule has 5 aliphatic carbocycles. The predicted octanol–water partition coefficient (Wildman–Crippen LogP) is 7.73. The first-order valence-corrected chi connectivity index (χ1v) is 14.7. The van der Waals surface area contributed by atoms with Crippen LogP contribution in [0.1, 0.15) is 114 Å². The van der Waals surface area contributed by atoms with Crippen molar-refractivity contribution in [3.05, 3.63) is 11.6 Å². The van der Waals surface area contributed by atoms with Gasteiger partial charge in [-0.2, -0.15) is 0 Å². The predicted molar refractivity (Wildman–Crippen MR) is 140 cm³/mol. The van der Waals surface area contributed by atoms with Gasteiger partial charge in [-0.25, -0.2) is 0 Å². The lowest BCUT2D eigenvalue weighted by molar-refractivity contribution is -0.198. The van der Waals surface area contributed by atoms with Gasteiger partial charge in [0.25, 0.3) is 0 Å². The SMILES string of the molecule is CC(=O)O[C@H]1CC[C@]2(C)[C@H]3CC[C@]4(C)C(=CC[C@@]5(C)C[C@H]6O[C@@]6(C(C)C)[C@@H]54)[C@]3(C)CC[C@H]2C1(C)C. The van der Waals surface area contributed by atoms with E-state index in [0.29, 0.717) is 40.6 Å². The zero-order valence-corrected chi connectivity index (χ0v) is 23.9. The second-order valence-electron chi connectivity index (χ2n) is 15.7. The molecule has 1 saturated heterocycles. The van der Waals surface area contributed by atoms with Gasteiger partial charge >= 0.3 is 5.97 Å². The number of carbonyl (C=O) groups is 1. The van der Waals surface area contributed by atoms with Gasteiger partial charge in [-0.3, -0.25) is 4.79 Å². The Morgan fingerprint density at radius 3 is 2.29 bits per heavy atom. The van der Waals surface area contributed by atoms with Gasteiger partial charge in [0, 0.05) is 18.3 Å². The van der Waals surface area contributed by atoms with Crippen molar-refractivity contribution in [2.45, 2.75) is 131 Å². The Hall–Kier alpha value is -0.830. The highest BCUT2D eigenvalue weighted by atomic mass is 16.6. The van der Waals surface area contributed by atoms with Gasteiger partial charge in [0.1, 0.15) is 11.7 Å². The fourth-order valence-corrected chi connectivity index (χ4v) is 12.3. The van der Waals surface area contributed by atoms with Crippen LogP contribution in [0.25, 0.3) is 0 Å². The second kappa shape index (κ2) is 6.97. The first-order chi connectivity index (χ1) is 16.2. The maximum Gasteiger partial charge on any atom is 0.302 e. The molecule has 196 valence electrons. The highest BCUT2D eigenvalue weighted by Crippen LogP contribution is 2.79. The third-order valence-corrected chi connectivity index (χ3v) is 13.4. The molecule has 0 radical (unpaired) electrons. The van der Waals surface area contributed by atoms with Crippen LogP contribution in [-0.4, -0.2) is 23.8 Å². The van der Waals surface area contributed by atoms with Crippen molar-refractivity contribution in [3.8, 4) is 0 Å². The van der Waals surface area contributed by atoms with E-state index in [4.69, 9.17) is 9.47 Å². The normalized spacial score (nSPS) is 55.6. The van der Waals surface area contributed by atoms with Crippen LogP contribution in [0.3, 0.4) is 0 Å². The molecule has 0 aromatic heterocycles. The van der Waals surface area contributed by atoms with Gasteiger partial charge in [-0.15, -0.1) is 0 Å². The fraction of sp³-hybridized carbons (Fsp3) is 0.906. The summed E-state index contributed by atoms with van der Waals surface area (Å²) in [5, 5.41) is 0. The van der Waals surface area contributed by atoms with Crippen LogP contribution in [0.5, 0.6) is 0 Å². The summed E-state index contributed by atoms with van der Waals surface area (Å²) in [5.41, 5.74) is 3.16. The third kappa shape index (κ3) is 2.81. The van der Waals surface area contributed by atoms with Gasteiger partial charge in [0.15, 0.2) is 0 Å². The van der Waals surface area contributed by atoms with Crippen molar-refractivity contribution in [1.82, 2.24) is 0 Å². The minimum atomic E-state index is -0.118. The number of carbonyl (C=O) groups excluding carboxylic acids is 1. The molecule has 4 saturated carbocycles. The number of esters is 1. The highest BCUT2D eigenvalue weighted by molar-refractivity contribution is 5.66. The standard InChI is InChI=1S/C32H50O3/c1-19(2)32-25(35-32)18-28(6)14-10-23-30(8)15-11-21-27(4,5)24(34-20(3)33)13-17-29(21,7)22(30)12-16-31(23,9)26(28)32/h10,19,21-22,24-26H,11-18H2,1-9H3/t21-,22+,24-,25+,26-,28-,29-,30+,31+,32+/m0/s1. The van der Waals surface area contributed by atoms with Gasteiger partial charge in [-0.05, 0) is 90.8 Å². The summed E-state index contributed by atoms with van der Waals surface area (Å²) in [4.78, 5) is 11.9. The summed E-state index contributed by atoms with van der Waals surface area (Å²) >= 11 is 0. The number of fused-ring (bicyclic) bond motifs is 9. The molecule has 3 nitrogen and oxygen atoms in total. The number of epoxide rings is 1. The van der Waals surface area contributed by atoms with Gasteiger partial charge in [0.05, 0.1) is 6.10 Å². The summed E-state index contributed by atoms with van der Waals surface area (Å²) < 4.78 is 12.5. The lowest BCUT2D eigenvalue weighted by Crippen LogP contribution is -2.63. The summed E-state index contributed by atoms with van der Waals surface area (Å²) in [7, 11) is 0. The smallest absolute Gasteiger partial charge is 0.302 e. The Balaban J connectivity index is 1.38. The molecule has 1 aliphatic heterocycles. The Kier molecular flexibility index (Phi) is 4.88. The number of ether oxygens (including phenoxy) is 2. The Morgan fingerprint density at radius 1 is 0.971 bits per heavy atom. The molecule has 0 bridgehead atoms. The number of hydrogen-bond acceptors (Lipinski definition) is 3. The van der Waals surface area contributed by atoms with E-state index in [1.165, 1.54) is 44.9 Å². The molecule has 10 atom stereocenters. The second-order valence-corrected chi connectivity index (χ2v) is 15.7. The van der Waals surface area contributed by atoms with Gasteiger partial charge < -0.3 is 9.47 Å². The minimum Gasteiger partial charge on any atom is -0.462 e. The van der Waals surface area contributed by atoms with E-state index in [0.717, 1.165) is 6.42 Å². The molecule has 1 heterocycles. The maximum absolute atomic E-state index is 11.9. The van der Waals surface area contributed by atoms with Crippen molar-refractivity contribution in [3.63, 3.8) is 0 Å². The highest BCUT2D eigenvalue weighted by Gasteiger charge is 2.79. The average molecular weight is 483 g/mol. The lowest BCUT2D eigenvalue weighted by Gasteiger charge is -2.69. The fourth-order valence-electron chi connectivity index (χ4n) is 12.3. The maximum atomic E-state index is 11.9. The van der Waals surface area contributed by atoms with Gasteiger partial charge in [-0.1, -0.05) is 67.0 Å². The van der Waals surface area contributed by atoms with Crippen molar-refractivity contribution >= 4 is 5.97 Å². The molecule has 0 unspecified atom stereocenters. The molecular formula is C32H50O3. The van der Waals surface area contributed by atoms with E-state index >= 15 is 0 Å². The first kappa shape index (κ1) is 24.5. The summed E-state index contributed by atoms with van der Waals surface area (Å²) in [5.74, 6) is 2.43. The number of hydrogen-bond donors (Lipinski definition) is 0. The molecule has 3 heteroatoms. The molecule has 0 aromatic carbocycles. The zero-order valence-electron chi connectivity index (χ0n) is 23.9. The van der Waals surface area contributed by atoms with E-state index in [1.807, 2.05) is 0 Å². The monoisotopic (exact) mass is 482 g/mol. The molecular weight excluding hydrogens is 432 g/mol. The molecule has 0 aromatic rings. The third-order valence-electron chi connectivity index (χ3n) is 13.4. The first-order valence-electron chi connectivity index (χ1n) is 14.7. The van der Waals surface area contributed by atoms with Crippen molar-refractivity contribution in [1.29, 1.82) is 0 Å². The quantitative estimate of drug-likeness (QED) is 0.230. The molecule has 5 fully saturated rings.